The molecule has 0 amide bonds. The minimum Gasteiger partial charge on any atom is -0.294 e. The third kappa shape index (κ3) is 3.57. The van der Waals surface area contributed by atoms with Crippen molar-refractivity contribution in [3.8, 4) is 5.69 Å². The van der Waals surface area contributed by atoms with Gasteiger partial charge in [-0.2, -0.15) is 0 Å². The summed E-state index contributed by atoms with van der Waals surface area (Å²) in [7, 11) is 0. The first kappa shape index (κ1) is 16.6. The van der Waals surface area contributed by atoms with Crippen LogP contribution in [-0.4, -0.2) is 15.8 Å². The van der Waals surface area contributed by atoms with Gasteiger partial charge in [0.15, 0.2) is 12.1 Å². The molecule has 1 aromatic heterocycles. The number of nitrogens with zero attached hydrogens (tertiary/aromatic N) is 2. The van der Waals surface area contributed by atoms with Crippen LogP contribution in [0.3, 0.4) is 0 Å². The molecule has 0 atom stereocenters. The normalized spacial score (nSPS) is 9.14. The fourth-order valence-electron chi connectivity index (χ4n) is 1.97. The Kier molecular flexibility index (Phi) is 6.88. The SMILES string of the molecule is CC.CC.O=Cc1nc2ccccc2n1-c1ccccc1. The molecule has 2 aromatic carbocycles. The van der Waals surface area contributed by atoms with E-state index < -0.39 is 0 Å². The van der Waals surface area contributed by atoms with E-state index in [4.69, 9.17) is 0 Å². The highest BCUT2D eigenvalue weighted by molar-refractivity contribution is 5.85. The second-order valence-electron chi connectivity index (χ2n) is 3.75. The average molecular weight is 282 g/mol. The first-order valence-electron chi connectivity index (χ1n) is 7.38. The van der Waals surface area contributed by atoms with Gasteiger partial charge >= 0.3 is 0 Å². The van der Waals surface area contributed by atoms with Crippen LogP contribution < -0.4 is 0 Å². The largest absolute Gasteiger partial charge is 0.294 e. The van der Waals surface area contributed by atoms with E-state index in [-0.39, 0.29) is 0 Å². The van der Waals surface area contributed by atoms with Gasteiger partial charge in [-0.15, -0.1) is 0 Å². The number of carbonyl (C=O) groups excluding carboxylic acids is 1. The molecular weight excluding hydrogens is 260 g/mol. The van der Waals surface area contributed by atoms with Crippen LogP contribution >= 0.6 is 0 Å². The maximum Gasteiger partial charge on any atom is 0.185 e. The molecule has 110 valence electrons. The van der Waals surface area contributed by atoms with Gasteiger partial charge in [0.05, 0.1) is 11.0 Å². The maximum atomic E-state index is 11.1. The van der Waals surface area contributed by atoms with Gasteiger partial charge in [0, 0.05) is 5.69 Å². The van der Waals surface area contributed by atoms with Crippen LogP contribution in [0.1, 0.15) is 38.3 Å². The summed E-state index contributed by atoms with van der Waals surface area (Å²) in [6, 6.07) is 17.5. The zero-order valence-corrected chi connectivity index (χ0v) is 13.1. The highest BCUT2D eigenvalue weighted by Gasteiger charge is 2.10. The lowest BCUT2D eigenvalue weighted by Crippen LogP contribution is -1.99. The fourth-order valence-corrected chi connectivity index (χ4v) is 1.97. The predicted molar refractivity (Wildman–Crippen MR) is 89.2 cm³/mol. The number of aromatic nitrogens is 2. The van der Waals surface area contributed by atoms with Crippen molar-refractivity contribution >= 4 is 17.3 Å². The molecule has 21 heavy (non-hydrogen) atoms. The summed E-state index contributed by atoms with van der Waals surface area (Å²) in [6.45, 7) is 8.00. The second kappa shape index (κ2) is 8.69. The lowest BCUT2D eigenvalue weighted by atomic mass is 10.3. The Labute approximate surface area is 126 Å². The molecule has 0 spiro atoms. The monoisotopic (exact) mass is 282 g/mol. The predicted octanol–water partition coefficient (Wildman–Crippen LogP) is 4.89. The molecule has 0 N–H and O–H groups in total. The molecule has 0 bridgehead atoms. The first-order valence-corrected chi connectivity index (χ1v) is 7.38. The molecule has 3 aromatic rings. The zero-order chi connectivity index (χ0) is 15.7. The number of benzene rings is 2. The van der Waals surface area contributed by atoms with Crippen molar-refractivity contribution in [3.05, 3.63) is 60.4 Å². The molecule has 0 unspecified atom stereocenters. The van der Waals surface area contributed by atoms with E-state index in [1.165, 1.54) is 0 Å². The van der Waals surface area contributed by atoms with Gasteiger partial charge in [-0.05, 0) is 24.3 Å². The Bertz CT molecular complexity index is 672. The Balaban J connectivity index is 0.000000510. The van der Waals surface area contributed by atoms with Gasteiger partial charge in [-0.3, -0.25) is 9.36 Å². The highest BCUT2D eigenvalue weighted by Crippen LogP contribution is 2.20. The van der Waals surface area contributed by atoms with Crippen molar-refractivity contribution < 1.29 is 4.79 Å². The van der Waals surface area contributed by atoms with Crippen LogP contribution in [0.15, 0.2) is 54.6 Å². The molecule has 0 aliphatic heterocycles. The van der Waals surface area contributed by atoms with Crippen LogP contribution in [-0.2, 0) is 0 Å². The number of hydrogen-bond acceptors (Lipinski definition) is 2. The molecule has 0 fully saturated rings. The molecule has 3 nitrogen and oxygen atoms in total. The van der Waals surface area contributed by atoms with Crippen LogP contribution in [0.4, 0.5) is 0 Å². The summed E-state index contributed by atoms with van der Waals surface area (Å²) in [5.74, 6) is 0.428. The zero-order valence-electron chi connectivity index (χ0n) is 13.1. The van der Waals surface area contributed by atoms with Gasteiger partial charge in [-0.1, -0.05) is 58.0 Å². The Morgan fingerprint density at radius 3 is 2.05 bits per heavy atom. The lowest BCUT2D eigenvalue weighted by Gasteiger charge is -2.05. The lowest BCUT2D eigenvalue weighted by molar-refractivity contribution is 0.111. The molecule has 0 aliphatic rings. The van der Waals surface area contributed by atoms with E-state index in [2.05, 4.69) is 4.98 Å². The van der Waals surface area contributed by atoms with Crippen molar-refractivity contribution in [1.82, 2.24) is 9.55 Å². The Hall–Kier alpha value is -2.42. The molecule has 3 heteroatoms. The number of imidazole rings is 1. The number of hydrogen-bond donors (Lipinski definition) is 0. The van der Waals surface area contributed by atoms with Crippen molar-refractivity contribution in [3.63, 3.8) is 0 Å². The van der Waals surface area contributed by atoms with E-state index in [9.17, 15) is 4.79 Å². The summed E-state index contributed by atoms with van der Waals surface area (Å²) in [4.78, 5) is 15.4. The maximum absolute atomic E-state index is 11.1. The minimum absolute atomic E-state index is 0.428. The van der Waals surface area contributed by atoms with Crippen molar-refractivity contribution in [2.45, 2.75) is 27.7 Å². The third-order valence-electron chi connectivity index (χ3n) is 2.71. The Morgan fingerprint density at radius 1 is 0.857 bits per heavy atom. The summed E-state index contributed by atoms with van der Waals surface area (Å²) < 4.78 is 1.86. The van der Waals surface area contributed by atoms with Crippen LogP contribution in [0.25, 0.3) is 16.7 Å². The van der Waals surface area contributed by atoms with E-state index in [0.717, 1.165) is 23.0 Å². The number of aldehydes is 1. The summed E-state index contributed by atoms with van der Waals surface area (Å²) in [6.07, 6.45) is 0.785. The molecule has 0 aliphatic carbocycles. The molecule has 0 saturated heterocycles. The highest BCUT2D eigenvalue weighted by atomic mass is 16.1. The number of fused-ring (bicyclic) bond motifs is 1. The molecule has 0 saturated carbocycles. The van der Waals surface area contributed by atoms with Gasteiger partial charge < -0.3 is 0 Å². The van der Waals surface area contributed by atoms with Crippen molar-refractivity contribution in [2.24, 2.45) is 0 Å². The van der Waals surface area contributed by atoms with Crippen LogP contribution in [0.5, 0.6) is 0 Å². The number of rotatable bonds is 2. The van der Waals surface area contributed by atoms with Crippen molar-refractivity contribution in [1.29, 1.82) is 0 Å². The molecule has 1 heterocycles. The smallest absolute Gasteiger partial charge is 0.185 e. The standard InChI is InChI=1S/C14H10N2O.2C2H6/c17-10-14-15-12-8-4-5-9-13(12)16(14)11-6-2-1-3-7-11;2*1-2/h1-10H;2*1-2H3. The average Bonchev–Trinajstić information content (AvgIpc) is 2.98. The molecule has 0 radical (unpaired) electrons. The van der Waals surface area contributed by atoms with Crippen molar-refractivity contribution in [2.75, 3.05) is 0 Å². The van der Waals surface area contributed by atoms with Gasteiger partial charge in [-0.25, -0.2) is 4.98 Å². The van der Waals surface area contributed by atoms with E-state index in [1.807, 2.05) is 86.9 Å². The third-order valence-corrected chi connectivity index (χ3v) is 2.71. The molecule has 3 rings (SSSR count). The van der Waals surface area contributed by atoms with Gasteiger partial charge in [0.2, 0.25) is 0 Å². The quantitative estimate of drug-likeness (QED) is 0.627. The summed E-state index contributed by atoms with van der Waals surface area (Å²) >= 11 is 0. The Morgan fingerprint density at radius 2 is 1.43 bits per heavy atom. The van der Waals surface area contributed by atoms with Crippen LogP contribution in [0, 0.1) is 0 Å². The fraction of sp³-hybridized carbons (Fsp3) is 0.222. The number of para-hydroxylation sites is 3. The topological polar surface area (TPSA) is 34.9 Å². The van der Waals surface area contributed by atoms with Gasteiger partial charge in [0.25, 0.3) is 0 Å². The van der Waals surface area contributed by atoms with Gasteiger partial charge in [0.1, 0.15) is 0 Å². The molecular formula is C18H22N2O. The van der Waals surface area contributed by atoms with E-state index in [0.29, 0.717) is 5.82 Å². The van der Waals surface area contributed by atoms with E-state index in [1.54, 1.807) is 0 Å². The summed E-state index contributed by atoms with van der Waals surface area (Å²) in [5, 5.41) is 0. The first-order chi connectivity index (χ1) is 10.4. The summed E-state index contributed by atoms with van der Waals surface area (Å²) in [5.41, 5.74) is 2.72. The second-order valence-corrected chi connectivity index (χ2v) is 3.75. The van der Waals surface area contributed by atoms with Crippen LogP contribution in [0.2, 0.25) is 0 Å². The van der Waals surface area contributed by atoms with E-state index >= 15 is 0 Å². The number of carbonyl (C=O) groups is 1. The minimum atomic E-state index is 0.428.